The van der Waals surface area contributed by atoms with E-state index in [4.69, 9.17) is 0 Å². The van der Waals surface area contributed by atoms with Crippen molar-refractivity contribution in [2.24, 2.45) is 0 Å². The molecule has 0 saturated carbocycles. The van der Waals surface area contributed by atoms with Crippen LogP contribution in [0.25, 0.3) is 36.9 Å². The molecule has 2 radical (unpaired) electrons. The maximum absolute atomic E-state index is 2.43. The van der Waals surface area contributed by atoms with Crippen LogP contribution in [0.15, 0.2) is 78.0 Å². The Morgan fingerprint density at radius 1 is 0.846 bits per heavy atom. The van der Waals surface area contributed by atoms with Gasteiger partial charge < -0.3 is 0 Å². The van der Waals surface area contributed by atoms with Crippen molar-refractivity contribution in [1.82, 2.24) is 0 Å². The van der Waals surface area contributed by atoms with E-state index in [2.05, 4.69) is 72.8 Å². The number of hydrogen-bond acceptors (Lipinski definition) is 1. The summed E-state index contributed by atoms with van der Waals surface area (Å²) in [5.74, 6) is 0. The number of allylic oxidation sites excluding steroid dienone is 4. The second-order valence-electron chi connectivity index (χ2n) is 7.00. The van der Waals surface area contributed by atoms with Crippen LogP contribution in [0.1, 0.15) is 18.4 Å². The molecule has 1 aliphatic heterocycles. The first kappa shape index (κ1) is 14.7. The minimum atomic E-state index is 0.868. The van der Waals surface area contributed by atoms with Crippen molar-refractivity contribution >= 4 is 51.8 Å². The molecule has 4 aromatic rings. The van der Waals surface area contributed by atoms with Gasteiger partial charge in [-0.25, -0.2) is 0 Å². The second-order valence-corrected chi connectivity index (χ2v) is 9.44. The minimum absolute atomic E-state index is 0.868. The SMILES string of the molecule is C1=CC2=C(CC1)[Si]c1ccc(-c3cccc4c3sc3ccccc34)cc12. The van der Waals surface area contributed by atoms with Gasteiger partial charge in [-0.05, 0) is 47.2 Å². The van der Waals surface area contributed by atoms with Crippen LogP contribution in [0.3, 0.4) is 0 Å². The first-order valence-electron chi connectivity index (χ1n) is 9.10. The van der Waals surface area contributed by atoms with Crippen molar-refractivity contribution in [3.63, 3.8) is 0 Å². The molecule has 0 amide bonds. The fourth-order valence-electron chi connectivity index (χ4n) is 4.23. The lowest BCUT2D eigenvalue weighted by atomic mass is 9.95. The topological polar surface area (TPSA) is 0 Å². The van der Waals surface area contributed by atoms with Crippen LogP contribution in [0.4, 0.5) is 0 Å². The molecule has 122 valence electrons. The maximum atomic E-state index is 2.43. The lowest BCUT2D eigenvalue weighted by Crippen LogP contribution is -2.13. The molecule has 3 aromatic carbocycles. The third-order valence-corrected chi connectivity index (χ3v) is 8.23. The van der Waals surface area contributed by atoms with Gasteiger partial charge in [-0.2, -0.15) is 0 Å². The summed E-state index contributed by atoms with van der Waals surface area (Å²) in [7, 11) is 0.868. The molecule has 0 unspecified atom stereocenters. The minimum Gasteiger partial charge on any atom is -0.135 e. The highest BCUT2D eigenvalue weighted by Gasteiger charge is 2.22. The normalized spacial score (nSPS) is 15.7. The molecule has 2 aliphatic rings. The number of hydrogen-bond donors (Lipinski definition) is 0. The highest BCUT2D eigenvalue weighted by molar-refractivity contribution is 7.26. The number of thiophene rings is 1. The van der Waals surface area contributed by atoms with Crippen molar-refractivity contribution in [2.75, 3.05) is 0 Å². The third kappa shape index (κ3) is 2.06. The van der Waals surface area contributed by atoms with Gasteiger partial charge in [0.15, 0.2) is 0 Å². The molecule has 26 heavy (non-hydrogen) atoms. The van der Waals surface area contributed by atoms with E-state index in [1.165, 1.54) is 60.5 Å². The second kappa shape index (κ2) is 5.54. The number of fused-ring (bicyclic) bond motifs is 5. The van der Waals surface area contributed by atoms with E-state index in [-0.39, 0.29) is 0 Å². The van der Waals surface area contributed by atoms with E-state index in [9.17, 15) is 0 Å². The van der Waals surface area contributed by atoms with Gasteiger partial charge in [0.1, 0.15) is 9.52 Å². The zero-order valence-electron chi connectivity index (χ0n) is 14.3. The van der Waals surface area contributed by atoms with Crippen LogP contribution in [0.5, 0.6) is 0 Å². The average Bonchev–Trinajstić information content (AvgIpc) is 3.25. The fraction of sp³-hybridized carbons (Fsp3) is 0.0833. The molecule has 0 spiro atoms. The summed E-state index contributed by atoms with van der Waals surface area (Å²) in [6, 6.07) is 22.6. The molecule has 0 bridgehead atoms. The van der Waals surface area contributed by atoms with Gasteiger partial charge in [0.05, 0.1) is 0 Å². The predicted molar refractivity (Wildman–Crippen MR) is 115 cm³/mol. The molecule has 0 N–H and O–H groups in total. The Hall–Kier alpha value is -2.42. The fourth-order valence-corrected chi connectivity index (χ4v) is 6.92. The molecule has 6 rings (SSSR count). The monoisotopic (exact) mass is 364 g/mol. The standard InChI is InChI=1S/C24H16SSi/c1-3-10-21-17(6-1)19-9-5-8-16(24(19)25-21)15-12-13-23-20(14-15)18-7-2-4-11-22(18)26-23/h1-3,5-10,12-14H,4,11H2. The predicted octanol–water partition coefficient (Wildman–Crippen LogP) is 6.13. The molecular weight excluding hydrogens is 348 g/mol. The van der Waals surface area contributed by atoms with E-state index >= 15 is 0 Å². The van der Waals surface area contributed by atoms with Crippen LogP contribution in [-0.2, 0) is 0 Å². The van der Waals surface area contributed by atoms with Gasteiger partial charge in [-0.3, -0.25) is 0 Å². The van der Waals surface area contributed by atoms with Gasteiger partial charge in [0, 0.05) is 20.2 Å². The van der Waals surface area contributed by atoms with Crippen molar-refractivity contribution in [3.8, 4) is 11.1 Å². The first-order chi connectivity index (χ1) is 12.9. The summed E-state index contributed by atoms with van der Waals surface area (Å²) in [5, 5.41) is 5.92. The van der Waals surface area contributed by atoms with Crippen LogP contribution < -0.4 is 5.19 Å². The summed E-state index contributed by atoms with van der Waals surface area (Å²) in [4.78, 5) is 0. The van der Waals surface area contributed by atoms with Crippen molar-refractivity contribution < 1.29 is 0 Å². The Morgan fingerprint density at radius 3 is 2.77 bits per heavy atom. The van der Waals surface area contributed by atoms with Crippen LogP contribution >= 0.6 is 11.3 Å². The summed E-state index contributed by atoms with van der Waals surface area (Å²) in [6.07, 6.45) is 7.12. The number of benzene rings is 3. The van der Waals surface area contributed by atoms with Crippen molar-refractivity contribution in [2.45, 2.75) is 12.8 Å². The van der Waals surface area contributed by atoms with Crippen molar-refractivity contribution in [1.29, 1.82) is 0 Å². The Kier molecular flexibility index (Phi) is 3.13. The lowest BCUT2D eigenvalue weighted by Gasteiger charge is -2.10. The molecule has 0 atom stereocenters. The van der Waals surface area contributed by atoms with E-state index in [1.807, 2.05) is 11.3 Å². The first-order valence-corrected chi connectivity index (χ1v) is 10.9. The molecule has 0 fully saturated rings. The Bertz CT molecular complexity index is 1260. The van der Waals surface area contributed by atoms with Crippen LogP contribution in [-0.4, -0.2) is 9.52 Å². The molecule has 1 aromatic heterocycles. The molecule has 2 heteroatoms. The highest BCUT2D eigenvalue weighted by atomic mass is 32.1. The summed E-state index contributed by atoms with van der Waals surface area (Å²) in [6.45, 7) is 0. The zero-order valence-corrected chi connectivity index (χ0v) is 16.1. The molecule has 1 aliphatic carbocycles. The van der Waals surface area contributed by atoms with Crippen molar-refractivity contribution in [3.05, 3.63) is 83.6 Å². The summed E-state index contributed by atoms with van der Waals surface area (Å²) >= 11 is 1.91. The van der Waals surface area contributed by atoms with Gasteiger partial charge in [0.25, 0.3) is 0 Å². The zero-order chi connectivity index (χ0) is 17.1. The average molecular weight is 365 g/mol. The smallest absolute Gasteiger partial charge is 0.117 e. The Labute approximate surface area is 159 Å². The van der Waals surface area contributed by atoms with Gasteiger partial charge in [-0.15, -0.1) is 11.3 Å². The molecule has 2 heterocycles. The van der Waals surface area contributed by atoms with E-state index in [0.717, 1.165) is 9.52 Å². The lowest BCUT2D eigenvalue weighted by molar-refractivity contribution is 1.02. The summed E-state index contributed by atoms with van der Waals surface area (Å²) in [5.41, 5.74) is 5.67. The van der Waals surface area contributed by atoms with Crippen LogP contribution in [0, 0.1) is 0 Å². The van der Waals surface area contributed by atoms with E-state index in [1.54, 1.807) is 5.20 Å². The van der Waals surface area contributed by atoms with Gasteiger partial charge >= 0.3 is 0 Å². The van der Waals surface area contributed by atoms with E-state index < -0.39 is 0 Å². The van der Waals surface area contributed by atoms with Gasteiger partial charge in [-0.1, -0.05) is 71.1 Å². The Morgan fingerprint density at radius 2 is 1.77 bits per heavy atom. The summed E-state index contributed by atoms with van der Waals surface area (Å²) < 4.78 is 2.78. The maximum Gasteiger partial charge on any atom is 0.117 e. The largest absolute Gasteiger partial charge is 0.135 e. The Balaban J connectivity index is 1.59. The quantitative estimate of drug-likeness (QED) is 0.357. The van der Waals surface area contributed by atoms with E-state index in [0.29, 0.717) is 0 Å². The molecular formula is C24H16SSi. The third-order valence-electron chi connectivity index (χ3n) is 5.48. The van der Waals surface area contributed by atoms with Gasteiger partial charge in [0.2, 0.25) is 0 Å². The molecule has 0 nitrogen and oxygen atoms in total. The number of rotatable bonds is 1. The highest BCUT2D eigenvalue weighted by Crippen LogP contribution is 2.40. The van der Waals surface area contributed by atoms with Crippen LogP contribution in [0.2, 0.25) is 0 Å². The molecule has 0 saturated heterocycles.